The molecular weight excluding hydrogens is 286 g/mol. The summed E-state index contributed by atoms with van der Waals surface area (Å²) in [6.45, 7) is 4.62. The molecule has 4 heteroatoms. The van der Waals surface area contributed by atoms with Crippen LogP contribution >= 0.6 is 0 Å². The van der Waals surface area contributed by atoms with E-state index in [4.69, 9.17) is 4.74 Å². The Kier molecular flexibility index (Phi) is 5.74. The van der Waals surface area contributed by atoms with Crippen LogP contribution in [0.25, 0.3) is 0 Å². The predicted molar refractivity (Wildman–Crippen MR) is 93.9 cm³/mol. The number of hydrogen-bond acceptors (Lipinski definition) is 4. The van der Waals surface area contributed by atoms with E-state index in [1.807, 2.05) is 12.4 Å². The Morgan fingerprint density at radius 2 is 1.61 bits per heavy atom. The number of nitrogens with zero attached hydrogens (tertiary/aromatic N) is 3. The molecular formula is C19H31N3O. The average Bonchev–Trinajstić information content (AvgIpc) is 2.63. The van der Waals surface area contributed by atoms with Gasteiger partial charge in [0.2, 0.25) is 0 Å². The second-order valence-corrected chi connectivity index (χ2v) is 7.32. The van der Waals surface area contributed by atoms with Gasteiger partial charge in [-0.1, -0.05) is 32.6 Å². The highest BCUT2D eigenvalue weighted by molar-refractivity contribution is 5.42. The van der Waals surface area contributed by atoms with Crippen molar-refractivity contribution in [3.05, 3.63) is 12.4 Å². The Bertz CT molecular complexity index is 460. The lowest BCUT2D eigenvalue weighted by Crippen LogP contribution is -2.37. The lowest BCUT2D eigenvalue weighted by molar-refractivity contribution is 0.175. The topological polar surface area (TPSA) is 38.2 Å². The molecule has 4 nitrogen and oxygen atoms in total. The van der Waals surface area contributed by atoms with Crippen molar-refractivity contribution in [2.75, 3.05) is 25.1 Å². The third-order valence-electron chi connectivity index (χ3n) is 5.96. The maximum absolute atomic E-state index is 5.04. The lowest BCUT2D eigenvalue weighted by Gasteiger charge is -2.39. The second-order valence-electron chi connectivity index (χ2n) is 7.32. The zero-order chi connectivity index (χ0) is 16.1. The van der Waals surface area contributed by atoms with Crippen molar-refractivity contribution >= 4 is 5.69 Å². The molecule has 1 aromatic rings. The van der Waals surface area contributed by atoms with Crippen molar-refractivity contribution in [1.82, 2.24) is 9.97 Å². The van der Waals surface area contributed by atoms with Crippen LogP contribution in [0.1, 0.15) is 58.3 Å². The summed E-state index contributed by atoms with van der Waals surface area (Å²) in [5, 5.41) is 0. The van der Waals surface area contributed by atoms with Crippen LogP contribution in [0.15, 0.2) is 12.4 Å². The highest BCUT2D eigenvalue weighted by Crippen LogP contribution is 2.39. The molecule has 2 heterocycles. The van der Waals surface area contributed by atoms with Gasteiger partial charge in [0.25, 0.3) is 0 Å². The molecule has 0 radical (unpaired) electrons. The van der Waals surface area contributed by atoms with E-state index in [2.05, 4.69) is 21.8 Å². The molecule has 0 spiro atoms. The van der Waals surface area contributed by atoms with E-state index in [1.165, 1.54) is 51.4 Å². The number of methoxy groups -OCH3 is 1. The molecule has 1 saturated carbocycles. The first-order valence-electron chi connectivity index (χ1n) is 9.41. The summed E-state index contributed by atoms with van der Waals surface area (Å²) in [5.41, 5.74) is 1.14. The number of hydrogen-bond donors (Lipinski definition) is 0. The predicted octanol–water partition coefficient (Wildman–Crippen LogP) is 4.31. The minimum absolute atomic E-state index is 0.451. The van der Waals surface area contributed by atoms with Gasteiger partial charge >= 0.3 is 6.01 Å². The zero-order valence-electron chi connectivity index (χ0n) is 14.7. The van der Waals surface area contributed by atoms with Gasteiger partial charge < -0.3 is 9.64 Å². The molecule has 128 valence electrons. The fourth-order valence-corrected chi connectivity index (χ4v) is 4.56. The van der Waals surface area contributed by atoms with Crippen LogP contribution in [0.4, 0.5) is 5.69 Å². The Hall–Kier alpha value is -1.32. The molecule has 3 rings (SSSR count). The zero-order valence-corrected chi connectivity index (χ0v) is 14.7. The molecule has 0 atom stereocenters. The van der Waals surface area contributed by atoms with Gasteiger partial charge in [-0.3, -0.25) is 0 Å². The van der Waals surface area contributed by atoms with Gasteiger partial charge in [0.1, 0.15) is 0 Å². The fraction of sp³-hybridized carbons (Fsp3) is 0.789. The molecule has 0 N–H and O–H groups in total. The molecule has 0 bridgehead atoms. The quantitative estimate of drug-likeness (QED) is 0.811. The summed E-state index contributed by atoms with van der Waals surface area (Å²) >= 11 is 0. The first kappa shape index (κ1) is 16.5. The van der Waals surface area contributed by atoms with E-state index in [1.54, 1.807) is 7.11 Å². The maximum Gasteiger partial charge on any atom is 0.316 e. The maximum atomic E-state index is 5.04. The third-order valence-corrected chi connectivity index (χ3v) is 5.96. The van der Waals surface area contributed by atoms with Crippen molar-refractivity contribution < 1.29 is 4.74 Å². The van der Waals surface area contributed by atoms with E-state index in [-0.39, 0.29) is 0 Å². The van der Waals surface area contributed by atoms with Crippen molar-refractivity contribution in [2.45, 2.75) is 58.3 Å². The molecule has 2 aliphatic rings. The van der Waals surface area contributed by atoms with Gasteiger partial charge in [-0.25, -0.2) is 9.97 Å². The van der Waals surface area contributed by atoms with Crippen molar-refractivity contribution in [3.63, 3.8) is 0 Å². The summed E-state index contributed by atoms with van der Waals surface area (Å²) in [4.78, 5) is 10.9. The summed E-state index contributed by atoms with van der Waals surface area (Å²) in [7, 11) is 1.61. The van der Waals surface area contributed by atoms with E-state index in [9.17, 15) is 0 Å². The molecule has 1 aliphatic heterocycles. The van der Waals surface area contributed by atoms with Crippen LogP contribution in [0.5, 0.6) is 6.01 Å². The van der Waals surface area contributed by atoms with Crippen LogP contribution < -0.4 is 9.64 Å². The minimum atomic E-state index is 0.451. The monoisotopic (exact) mass is 317 g/mol. The van der Waals surface area contributed by atoms with Gasteiger partial charge in [0.15, 0.2) is 0 Å². The molecule has 2 fully saturated rings. The summed E-state index contributed by atoms with van der Waals surface area (Å²) in [6, 6.07) is 0.451. The van der Waals surface area contributed by atoms with E-state index >= 15 is 0 Å². The van der Waals surface area contributed by atoms with E-state index < -0.39 is 0 Å². The van der Waals surface area contributed by atoms with Crippen LogP contribution in [-0.2, 0) is 0 Å². The van der Waals surface area contributed by atoms with Crippen molar-refractivity contribution in [3.8, 4) is 6.01 Å². The van der Waals surface area contributed by atoms with Gasteiger partial charge in [0.05, 0.1) is 25.2 Å². The van der Waals surface area contributed by atoms with Crippen LogP contribution in [0.2, 0.25) is 0 Å². The summed E-state index contributed by atoms with van der Waals surface area (Å²) < 4.78 is 5.04. The second kappa shape index (κ2) is 7.98. The van der Waals surface area contributed by atoms with Crippen LogP contribution in [-0.4, -0.2) is 30.2 Å². The lowest BCUT2D eigenvalue weighted by atomic mass is 9.72. The minimum Gasteiger partial charge on any atom is -0.467 e. The standard InChI is InChI=1S/C19H31N3O/c1-3-4-15-5-7-16(8-6-15)17-9-11-22(12-10-17)18-13-20-19(23-2)21-14-18/h13-17H,3-12H2,1-2H3/t15-,16-. The Morgan fingerprint density at radius 1 is 1.00 bits per heavy atom. The van der Waals surface area contributed by atoms with E-state index in [0.29, 0.717) is 6.01 Å². The smallest absolute Gasteiger partial charge is 0.316 e. The highest BCUT2D eigenvalue weighted by atomic mass is 16.5. The fourth-order valence-electron chi connectivity index (χ4n) is 4.56. The largest absolute Gasteiger partial charge is 0.467 e. The number of piperidine rings is 1. The Labute approximate surface area is 140 Å². The SMILES string of the molecule is CCC[C@H]1CC[C@H](C2CCN(c3cnc(OC)nc3)CC2)CC1. The molecule has 1 aliphatic carbocycles. The van der Waals surface area contributed by atoms with Crippen LogP contribution in [0.3, 0.4) is 0 Å². The number of anilines is 1. The first-order valence-corrected chi connectivity index (χ1v) is 9.41. The third kappa shape index (κ3) is 4.15. The van der Waals surface area contributed by atoms with Gasteiger partial charge in [0, 0.05) is 13.1 Å². The molecule has 1 saturated heterocycles. The Balaban J connectivity index is 1.46. The van der Waals surface area contributed by atoms with Crippen LogP contribution in [0, 0.1) is 17.8 Å². The van der Waals surface area contributed by atoms with E-state index in [0.717, 1.165) is 36.5 Å². The van der Waals surface area contributed by atoms with Crippen molar-refractivity contribution in [1.29, 1.82) is 0 Å². The van der Waals surface area contributed by atoms with Gasteiger partial charge in [-0.05, 0) is 43.4 Å². The number of rotatable bonds is 5. The number of aromatic nitrogens is 2. The summed E-state index contributed by atoms with van der Waals surface area (Å²) in [6.07, 6.45) is 15.1. The van der Waals surface area contributed by atoms with Gasteiger partial charge in [-0.15, -0.1) is 0 Å². The molecule has 23 heavy (non-hydrogen) atoms. The first-order chi connectivity index (χ1) is 11.3. The molecule has 0 amide bonds. The Morgan fingerprint density at radius 3 is 2.17 bits per heavy atom. The molecule has 1 aromatic heterocycles. The molecule has 0 unspecified atom stereocenters. The van der Waals surface area contributed by atoms with Crippen molar-refractivity contribution in [2.24, 2.45) is 17.8 Å². The molecule has 0 aromatic carbocycles. The summed E-state index contributed by atoms with van der Waals surface area (Å²) in [5.74, 6) is 2.94. The number of ether oxygens (including phenoxy) is 1. The average molecular weight is 317 g/mol. The van der Waals surface area contributed by atoms with Gasteiger partial charge in [-0.2, -0.15) is 0 Å². The highest BCUT2D eigenvalue weighted by Gasteiger charge is 2.30. The normalized spacial score (nSPS) is 26.3.